The van der Waals surface area contributed by atoms with Gasteiger partial charge in [0.1, 0.15) is 11.2 Å². The summed E-state index contributed by atoms with van der Waals surface area (Å²) in [6.07, 6.45) is 1.85. The van der Waals surface area contributed by atoms with E-state index in [1.807, 2.05) is 30.5 Å². The smallest absolute Gasteiger partial charge is 0.135 e. The lowest BCUT2D eigenvalue weighted by Gasteiger charge is -2.10. The number of fused-ring (bicyclic) bond motifs is 9. The average Bonchev–Trinajstić information content (AvgIpc) is 3.86. The Morgan fingerprint density at radius 1 is 0.412 bits per heavy atom. The van der Waals surface area contributed by atoms with Crippen molar-refractivity contribution in [1.29, 1.82) is 0 Å². The van der Waals surface area contributed by atoms with Gasteiger partial charge in [-0.3, -0.25) is 4.98 Å². The van der Waals surface area contributed by atoms with E-state index in [0.717, 1.165) is 49.9 Å². The Morgan fingerprint density at radius 3 is 1.82 bits per heavy atom. The highest BCUT2D eigenvalue weighted by atomic mass is 16.3. The van der Waals surface area contributed by atoms with Gasteiger partial charge in [0.05, 0.1) is 16.7 Å². The number of para-hydroxylation sites is 2. The van der Waals surface area contributed by atoms with Gasteiger partial charge in [-0.2, -0.15) is 0 Å². The number of H-pyrrole nitrogens is 1. The first kappa shape index (κ1) is 28.0. The van der Waals surface area contributed by atoms with Crippen molar-refractivity contribution in [3.05, 3.63) is 170 Å². The number of rotatable bonds is 4. The topological polar surface area (TPSA) is 46.8 Å². The Morgan fingerprint density at radius 2 is 1.04 bits per heavy atom. The average molecular weight is 652 g/mol. The Labute approximate surface area is 292 Å². The first-order chi connectivity index (χ1) is 25.2. The van der Waals surface area contributed by atoms with Crippen LogP contribution in [-0.2, 0) is 0 Å². The summed E-state index contributed by atoms with van der Waals surface area (Å²) in [7, 11) is 0. The van der Waals surface area contributed by atoms with Crippen LogP contribution in [0.25, 0.3) is 105 Å². The molecular weight excluding hydrogens is 623 g/mol. The number of aromatic amines is 1. The minimum Gasteiger partial charge on any atom is -0.456 e. The fraction of sp³-hybridized carbons (Fsp3) is 0. The molecule has 0 unspecified atom stereocenters. The first-order valence-electron chi connectivity index (χ1n) is 17.3. The van der Waals surface area contributed by atoms with Gasteiger partial charge in [-0.05, 0) is 107 Å². The molecule has 1 N–H and O–H groups in total. The molecule has 0 aliphatic heterocycles. The molecule has 11 rings (SSSR count). The molecule has 0 saturated heterocycles. The van der Waals surface area contributed by atoms with Crippen LogP contribution in [0.15, 0.2) is 174 Å². The molecule has 238 valence electrons. The molecule has 0 saturated carbocycles. The van der Waals surface area contributed by atoms with Crippen molar-refractivity contribution >= 4 is 65.6 Å². The van der Waals surface area contributed by atoms with Gasteiger partial charge < -0.3 is 14.0 Å². The second-order valence-corrected chi connectivity index (χ2v) is 13.3. The van der Waals surface area contributed by atoms with Gasteiger partial charge in [0.25, 0.3) is 0 Å². The normalized spacial score (nSPS) is 11.9. The Hall–Kier alpha value is -6.91. The van der Waals surface area contributed by atoms with Crippen molar-refractivity contribution in [3.63, 3.8) is 0 Å². The largest absolute Gasteiger partial charge is 0.456 e. The lowest BCUT2D eigenvalue weighted by molar-refractivity contribution is 0.669. The zero-order valence-corrected chi connectivity index (χ0v) is 27.5. The molecule has 4 nitrogen and oxygen atoms in total. The summed E-state index contributed by atoms with van der Waals surface area (Å²) in [6.45, 7) is 0. The lowest BCUT2D eigenvalue weighted by atomic mass is 9.98. The van der Waals surface area contributed by atoms with E-state index in [9.17, 15) is 0 Å². The molecule has 4 heteroatoms. The SMILES string of the molecule is c1ccc(-c2cccc(-n3c4ccccc4c4cc(-c5ccc6[nH]c7ccc(-c8ccc9oc%10ccccc%10c9c8)cc7c6c5)ccc43)c2)nc1. The Bertz CT molecular complexity index is 3140. The van der Waals surface area contributed by atoms with Gasteiger partial charge in [-0.25, -0.2) is 0 Å². The molecule has 0 radical (unpaired) electrons. The molecule has 0 amide bonds. The van der Waals surface area contributed by atoms with Gasteiger partial charge in [0.15, 0.2) is 0 Å². The van der Waals surface area contributed by atoms with Crippen LogP contribution in [0.3, 0.4) is 0 Å². The van der Waals surface area contributed by atoms with Crippen molar-refractivity contribution < 1.29 is 4.42 Å². The van der Waals surface area contributed by atoms with E-state index in [1.165, 1.54) is 54.8 Å². The Balaban J connectivity index is 1.03. The van der Waals surface area contributed by atoms with Gasteiger partial charge in [-0.15, -0.1) is 0 Å². The highest BCUT2D eigenvalue weighted by molar-refractivity contribution is 6.13. The molecule has 4 aromatic heterocycles. The van der Waals surface area contributed by atoms with E-state index < -0.39 is 0 Å². The number of nitrogens with one attached hydrogen (secondary N) is 1. The molecule has 0 atom stereocenters. The molecule has 0 aliphatic rings. The molecule has 11 aromatic rings. The molecule has 0 fully saturated rings. The number of hydrogen-bond acceptors (Lipinski definition) is 2. The van der Waals surface area contributed by atoms with Crippen molar-refractivity contribution in [2.75, 3.05) is 0 Å². The highest BCUT2D eigenvalue weighted by Crippen LogP contribution is 2.39. The lowest BCUT2D eigenvalue weighted by Crippen LogP contribution is -1.94. The highest BCUT2D eigenvalue weighted by Gasteiger charge is 2.15. The van der Waals surface area contributed by atoms with Gasteiger partial charge in [0, 0.05) is 60.8 Å². The number of nitrogens with zero attached hydrogens (tertiary/aromatic N) is 2. The van der Waals surface area contributed by atoms with E-state index in [-0.39, 0.29) is 0 Å². The van der Waals surface area contributed by atoms with E-state index >= 15 is 0 Å². The molecule has 4 heterocycles. The minimum absolute atomic E-state index is 0.913. The minimum atomic E-state index is 0.913. The summed E-state index contributed by atoms with van der Waals surface area (Å²) in [6, 6.07) is 58.5. The van der Waals surface area contributed by atoms with Crippen LogP contribution >= 0.6 is 0 Å². The molecule has 7 aromatic carbocycles. The van der Waals surface area contributed by atoms with Crippen LogP contribution in [0.5, 0.6) is 0 Å². The Kier molecular flexibility index (Phi) is 5.92. The molecular formula is C47H29N3O. The molecule has 0 bridgehead atoms. The van der Waals surface area contributed by atoms with E-state index in [1.54, 1.807) is 0 Å². The number of benzene rings is 7. The van der Waals surface area contributed by atoms with Crippen LogP contribution in [0.1, 0.15) is 0 Å². The van der Waals surface area contributed by atoms with Gasteiger partial charge in [-0.1, -0.05) is 78.9 Å². The van der Waals surface area contributed by atoms with Crippen LogP contribution in [0, 0.1) is 0 Å². The third kappa shape index (κ3) is 4.37. The summed E-state index contributed by atoms with van der Waals surface area (Å²) in [5.74, 6) is 0. The summed E-state index contributed by atoms with van der Waals surface area (Å²) >= 11 is 0. The second kappa shape index (κ2) is 10.8. The van der Waals surface area contributed by atoms with Crippen LogP contribution in [0.4, 0.5) is 0 Å². The molecule has 0 aliphatic carbocycles. The number of aromatic nitrogens is 3. The monoisotopic (exact) mass is 651 g/mol. The van der Waals surface area contributed by atoms with E-state index in [0.29, 0.717) is 0 Å². The van der Waals surface area contributed by atoms with Crippen LogP contribution < -0.4 is 0 Å². The maximum Gasteiger partial charge on any atom is 0.135 e. The number of hydrogen-bond donors (Lipinski definition) is 1. The zero-order chi connectivity index (χ0) is 33.5. The predicted molar refractivity (Wildman–Crippen MR) is 212 cm³/mol. The molecule has 0 spiro atoms. The first-order valence-corrected chi connectivity index (χ1v) is 17.3. The summed E-state index contributed by atoms with van der Waals surface area (Å²) in [5, 5.41) is 7.18. The maximum atomic E-state index is 6.10. The van der Waals surface area contributed by atoms with E-state index in [4.69, 9.17) is 4.42 Å². The van der Waals surface area contributed by atoms with Crippen molar-refractivity contribution in [1.82, 2.24) is 14.5 Å². The number of furan rings is 1. The van der Waals surface area contributed by atoms with Gasteiger partial charge in [0.2, 0.25) is 0 Å². The van der Waals surface area contributed by atoms with Gasteiger partial charge >= 0.3 is 0 Å². The summed E-state index contributed by atoms with van der Waals surface area (Å²) in [5.41, 5.74) is 14.4. The predicted octanol–water partition coefficient (Wildman–Crippen LogP) is 12.7. The second-order valence-electron chi connectivity index (χ2n) is 13.3. The standard InChI is InChI=1S/C47H29N3O/c1-3-13-44-35(10-1)39-27-31(17-21-45(39)50(44)34-9-7-8-33(24-34)41-12-5-6-23-48-41)29-15-19-42-37(25-29)38-26-30(16-20-43(38)49-42)32-18-22-47-40(28-32)36-11-2-4-14-46(36)51-47/h1-28,49H. The summed E-state index contributed by atoms with van der Waals surface area (Å²) < 4.78 is 8.47. The fourth-order valence-corrected chi connectivity index (χ4v) is 7.93. The zero-order valence-electron chi connectivity index (χ0n) is 27.5. The van der Waals surface area contributed by atoms with Crippen LogP contribution in [-0.4, -0.2) is 14.5 Å². The molecule has 51 heavy (non-hydrogen) atoms. The quantitative estimate of drug-likeness (QED) is 0.206. The van der Waals surface area contributed by atoms with Crippen molar-refractivity contribution in [2.45, 2.75) is 0 Å². The van der Waals surface area contributed by atoms with Crippen molar-refractivity contribution in [3.8, 4) is 39.2 Å². The van der Waals surface area contributed by atoms with Crippen LogP contribution in [0.2, 0.25) is 0 Å². The van der Waals surface area contributed by atoms with E-state index in [2.05, 4.69) is 154 Å². The summed E-state index contributed by atoms with van der Waals surface area (Å²) in [4.78, 5) is 8.26. The maximum absolute atomic E-state index is 6.10. The van der Waals surface area contributed by atoms with Crippen molar-refractivity contribution in [2.24, 2.45) is 0 Å². The third-order valence-corrected chi connectivity index (χ3v) is 10.4. The fourth-order valence-electron chi connectivity index (χ4n) is 7.93. The third-order valence-electron chi connectivity index (χ3n) is 10.4. The number of pyridine rings is 1.